The highest BCUT2D eigenvalue weighted by Crippen LogP contribution is 2.28. The minimum absolute atomic E-state index is 0.528. The first kappa shape index (κ1) is 12.3. The maximum atomic E-state index is 8.10. The van der Waals surface area contributed by atoms with Gasteiger partial charge in [-0.15, -0.1) is 0 Å². The average molecular weight is 308 g/mol. The number of benzene rings is 2. The lowest BCUT2D eigenvalue weighted by Crippen LogP contribution is -2.30. The topological polar surface area (TPSA) is 18.0 Å². The third kappa shape index (κ3) is 2.66. The highest BCUT2D eigenvalue weighted by Gasteiger charge is 2.16. The molecule has 0 N–H and O–H groups in total. The molecular formula is C20H22N2O. The molecule has 1 fully saturated rings. The molecule has 3 aromatic rings. The number of nitrogens with zero attached hydrogens (tertiary/aromatic N) is 2. The fourth-order valence-electron chi connectivity index (χ4n) is 3.37. The van der Waals surface area contributed by atoms with Crippen LogP contribution in [0.3, 0.4) is 0 Å². The summed E-state index contributed by atoms with van der Waals surface area (Å²) >= 11 is 0. The van der Waals surface area contributed by atoms with Gasteiger partial charge in [-0.3, -0.25) is 0 Å². The van der Waals surface area contributed by atoms with E-state index >= 15 is 0 Å². The predicted octanol–water partition coefficient (Wildman–Crippen LogP) is 3.63. The molecule has 1 aliphatic rings. The molecule has 0 spiro atoms. The van der Waals surface area contributed by atoms with Gasteiger partial charge in [-0.1, -0.05) is 48.5 Å². The van der Waals surface area contributed by atoms with E-state index in [-0.39, 0.29) is 0 Å². The third-order valence-corrected chi connectivity index (χ3v) is 4.61. The van der Waals surface area contributed by atoms with E-state index in [0.717, 1.165) is 42.8 Å². The van der Waals surface area contributed by atoms with Crippen molar-refractivity contribution in [1.82, 2.24) is 4.57 Å². The Kier molecular flexibility index (Phi) is 3.30. The van der Waals surface area contributed by atoms with Crippen LogP contribution in [0.15, 0.2) is 48.5 Å². The zero-order valence-electron chi connectivity index (χ0n) is 15.3. The Labute approximate surface area is 139 Å². The van der Waals surface area contributed by atoms with Gasteiger partial charge in [0, 0.05) is 13.2 Å². The molecule has 1 aliphatic heterocycles. The van der Waals surface area contributed by atoms with Gasteiger partial charge in [0.15, 0.2) is 0 Å². The Morgan fingerprint density at radius 3 is 2.87 bits per heavy atom. The van der Waals surface area contributed by atoms with Crippen LogP contribution in [0.25, 0.3) is 16.7 Å². The Hall–Kier alpha value is -2.13. The van der Waals surface area contributed by atoms with Gasteiger partial charge in [0.05, 0.1) is 26.0 Å². The van der Waals surface area contributed by atoms with Crippen molar-refractivity contribution >= 4 is 11.0 Å². The highest BCUT2D eigenvalue weighted by atomic mass is 16.5. The van der Waals surface area contributed by atoms with Gasteiger partial charge in [-0.25, -0.2) is 0 Å². The Morgan fingerprint density at radius 1 is 1.22 bits per heavy atom. The van der Waals surface area contributed by atoms with Gasteiger partial charge >= 0.3 is 0 Å². The van der Waals surface area contributed by atoms with Crippen LogP contribution in [0.2, 0.25) is 0 Å². The molecular weight excluding hydrogens is 284 g/mol. The molecule has 2 heterocycles. The van der Waals surface area contributed by atoms with Crippen molar-refractivity contribution in [2.75, 3.05) is 13.2 Å². The van der Waals surface area contributed by atoms with Crippen LogP contribution in [0, 0.1) is 6.33 Å². The molecule has 2 aromatic carbocycles. The standard InChI is InChI=1S/C20H22N2O/c1-2-21-15-22(20-9-4-3-8-19(20)21)18-7-5-6-17(14-18)16-10-12-23-13-11-16/h3-9,14,16H,2,10-13H2,1H3/i2D2. The van der Waals surface area contributed by atoms with Crippen molar-refractivity contribution in [2.45, 2.75) is 32.2 Å². The Morgan fingerprint density at radius 2 is 2.04 bits per heavy atom. The fraction of sp³-hybridized carbons (Fsp3) is 0.350. The molecule has 0 unspecified atom stereocenters. The number of aromatic nitrogens is 2. The lowest BCUT2D eigenvalue weighted by atomic mass is 9.91. The van der Waals surface area contributed by atoms with Crippen LogP contribution in [0.5, 0.6) is 0 Å². The van der Waals surface area contributed by atoms with Gasteiger partial charge in [0.2, 0.25) is 6.33 Å². The van der Waals surface area contributed by atoms with Crippen molar-refractivity contribution < 1.29 is 12.0 Å². The first-order valence-electron chi connectivity index (χ1n) is 9.17. The zero-order chi connectivity index (χ0) is 17.4. The molecule has 3 heteroatoms. The summed E-state index contributed by atoms with van der Waals surface area (Å²) in [6, 6.07) is 16.4. The fourth-order valence-corrected chi connectivity index (χ4v) is 3.37. The number of hydrogen-bond acceptors (Lipinski definition) is 1. The van der Waals surface area contributed by atoms with E-state index in [1.54, 1.807) is 11.5 Å². The Balaban J connectivity index is 1.82. The molecule has 118 valence electrons. The molecule has 0 radical (unpaired) electrons. The van der Waals surface area contributed by atoms with Gasteiger partial charge in [-0.05, 0) is 31.2 Å². The van der Waals surface area contributed by atoms with E-state index in [9.17, 15) is 0 Å². The van der Waals surface area contributed by atoms with E-state index in [1.807, 2.05) is 28.8 Å². The second kappa shape index (κ2) is 6.17. The summed E-state index contributed by atoms with van der Waals surface area (Å²) in [4.78, 5) is 0. The number of para-hydroxylation sites is 2. The number of ether oxygens (including phenoxy) is 1. The van der Waals surface area contributed by atoms with E-state index in [4.69, 9.17) is 7.48 Å². The van der Waals surface area contributed by atoms with Crippen LogP contribution < -0.4 is 4.57 Å². The third-order valence-electron chi connectivity index (χ3n) is 4.61. The normalized spacial score (nSPS) is 18.0. The van der Waals surface area contributed by atoms with Crippen LogP contribution in [0.4, 0.5) is 0 Å². The minimum Gasteiger partial charge on any atom is -0.381 e. The molecule has 3 nitrogen and oxygen atoms in total. The molecule has 1 saturated heterocycles. The largest absolute Gasteiger partial charge is 0.381 e. The van der Waals surface area contributed by atoms with Crippen LogP contribution in [-0.4, -0.2) is 17.8 Å². The van der Waals surface area contributed by atoms with Gasteiger partial charge < -0.3 is 13.9 Å². The predicted molar refractivity (Wildman–Crippen MR) is 90.8 cm³/mol. The lowest BCUT2D eigenvalue weighted by Gasteiger charge is -2.23. The summed E-state index contributed by atoms with van der Waals surface area (Å²) in [5.41, 5.74) is 4.13. The minimum atomic E-state index is -1.51. The van der Waals surface area contributed by atoms with E-state index in [0.29, 0.717) is 5.92 Å². The average Bonchev–Trinajstić information content (AvgIpc) is 3.03. The van der Waals surface area contributed by atoms with Crippen molar-refractivity contribution in [3.05, 3.63) is 60.4 Å². The monoisotopic (exact) mass is 308 g/mol. The van der Waals surface area contributed by atoms with E-state index < -0.39 is 6.50 Å². The van der Waals surface area contributed by atoms with Crippen LogP contribution in [0.1, 0.15) is 34.0 Å². The molecule has 0 amide bonds. The smallest absolute Gasteiger partial charge is 0.244 e. The summed E-state index contributed by atoms with van der Waals surface area (Å²) in [5.74, 6) is 0.528. The summed E-state index contributed by atoms with van der Waals surface area (Å²) in [6.45, 7) is 1.69. The maximum absolute atomic E-state index is 8.10. The summed E-state index contributed by atoms with van der Waals surface area (Å²) < 4.78 is 25.2. The van der Waals surface area contributed by atoms with Gasteiger partial charge in [0.1, 0.15) is 0 Å². The summed E-state index contributed by atoms with van der Waals surface area (Å²) in [6.07, 6.45) is 5.32. The van der Waals surface area contributed by atoms with Gasteiger partial charge in [0.25, 0.3) is 0 Å². The van der Waals surface area contributed by atoms with Crippen molar-refractivity contribution in [1.29, 1.82) is 0 Å². The van der Waals surface area contributed by atoms with Crippen molar-refractivity contribution in [3.8, 4) is 5.69 Å². The van der Waals surface area contributed by atoms with E-state index in [2.05, 4.69) is 30.6 Å². The Bertz CT molecular complexity index is 892. The number of hydrogen-bond donors (Lipinski definition) is 0. The van der Waals surface area contributed by atoms with Crippen LogP contribution in [-0.2, 0) is 11.2 Å². The first-order valence-corrected chi connectivity index (χ1v) is 8.17. The SMILES string of the molecule is [2H]C([2H])(C)[n+]1[c-]n(-c2cccc(C3CCOCC3)c2)c2ccccc21. The molecule has 0 aliphatic carbocycles. The zero-order valence-corrected chi connectivity index (χ0v) is 13.3. The molecule has 1 aromatic heterocycles. The number of fused-ring (bicyclic) bond motifs is 1. The number of imidazole rings is 1. The lowest BCUT2D eigenvalue weighted by molar-refractivity contribution is -0.672. The summed E-state index contributed by atoms with van der Waals surface area (Å²) in [5, 5.41) is 0. The van der Waals surface area contributed by atoms with Gasteiger partial charge in [-0.2, -0.15) is 0 Å². The van der Waals surface area contributed by atoms with Crippen molar-refractivity contribution in [2.24, 2.45) is 0 Å². The highest BCUT2D eigenvalue weighted by molar-refractivity contribution is 5.73. The molecule has 23 heavy (non-hydrogen) atoms. The second-order valence-corrected chi connectivity index (χ2v) is 5.96. The first-order chi connectivity index (χ1) is 12.0. The molecule has 0 atom stereocenters. The molecule has 4 rings (SSSR count). The number of aryl methyl sites for hydroxylation is 1. The molecule has 0 saturated carbocycles. The number of rotatable bonds is 3. The summed E-state index contributed by atoms with van der Waals surface area (Å²) in [7, 11) is 0. The quantitative estimate of drug-likeness (QED) is 0.534. The van der Waals surface area contributed by atoms with E-state index in [1.165, 1.54) is 5.56 Å². The van der Waals surface area contributed by atoms with Crippen molar-refractivity contribution in [3.63, 3.8) is 0 Å². The second-order valence-electron chi connectivity index (χ2n) is 5.96. The molecule has 0 bridgehead atoms. The maximum Gasteiger partial charge on any atom is 0.244 e. The van der Waals surface area contributed by atoms with Crippen LogP contribution >= 0.6 is 0 Å².